The van der Waals surface area contributed by atoms with Gasteiger partial charge < -0.3 is 10.1 Å². The van der Waals surface area contributed by atoms with Crippen LogP contribution in [0.2, 0.25) is 4.34 Å². The predicted octanol–water partition coefficient (Wildman–Crippen LogP) is 3.33. The van der Waals surface area contributed by atoms with Gasteiger partial charge in [-0.3, -0.25) is 4.79 Å². The number of anilines is 1. The maximum absolute atomic E-state index is 12.6. The Bertz CT molecular complexity index is 865. The number of aryl methyl sites for hydroxylation is 1. The molecule has 6 nitrogen and oxygen atoms in total. The fourth-order valence-electron chi connectivity index (χ4n) is 2.30. The van der Waals surface area contributed by atoms with Crippen molar-refractivity contribution in [3.05, 3.63) is 45.1 Å². The number of nitrogens with one attached hydrogen (secondary N) is 2. The molecule has 1 aromatic heterocycles. The fraction of sp³-hybridized carbons (Fsp3) is 0.312. The molecule has 0 aliphatic heterocycles. The van der Waals surface area contributed by atoms with Gasteiger partial charge in [0.15, 0.2) is 0 Å². The van der Waals surface area contributed by atoms with E-state index >= 15 is 0 Å². The molecule has 1 amide bonds. The van der Waals surface area contributed by atoms with Crippen molar-refractivity contribution >= 4 is 44.6 Å². The third-order valence-electron chi connectivity index (χ3n) is 3.44. The molecule has 1 atom stereocenters. The summed E-state index contributed by atoms with van der Waals surface area (Å²) in [5.74, 6) is -0.217. The summed E-state index contributed by atoms with van der Waals surface area (Å²) in [6, 6.07) is 8.18. The third-order valence-corrected chi connectivity index (χ3v) is 6.35. The minimum Gasteiger partial charge on any atom is -0.375 e. The highest BCUT2D eigenvalue weighted by Gasteiger charge is 2.21. The quantitative estimate of drug-likeness (QED) is 0.743. The molecule has 1 unspecified atom stereocenters. The number of halogens is 1. The summed E-state index contributed by atoms with van der Waals surface area (Å²) in [6.45, 7) is 3.15. The van der Waals surface area contributed by atoms with E-state index in [0.29, 0.717) is 15.6 Å². The summed E-state index contributed by atoms with van der Waals surface area (Å²) in [7, 11) is -2.20. The lowest BCUT2D eigenvalue weighted by molar-refractivity contribution is -0.114. The van der Waals surface area contributed by atoms with Crippen molar-refractivity contribution < 1.29 is 17.9 Å². The molecule has 136 valence electrons. The maximum atomic E-state index is 12.6. The zero-order valence-corrected chi connectivity index (χ0v) is 16.4. The van der Waals surface area contributed by atoms with Crippen LogP contribution in [0.5, 0.6) is 0 Å². The zero-order valence-electron chi connectivity index (χ0n) is 14.0. The van der Waals surface area contributed by atoms with Crippen molar-refractivity contribution in [1.29, 1.82) is 0 Å². The summed E-state index contributed by atoms with van der Waals surface area (Å²) in [6.07, 6.45) is -0.425. The van der Waals surface area contributed by atoms with Gasteiger partial charge >= 0.3 is 0 Å². The molecule has 0 saturated heterocycles. The van der Waals surface area contributed by atoms with Gasteiger partial charge in [-0.2, -0.15) is 0 Å². The van der Waals surface area contributed by atoms with Gasteiger partial charge in [0.25, 0.3) is 0 Å². The Morgan fingerprint density at radius 2 is 2.04 bits per heavy atom. The molecule has 0 fully saturated rings. The third kappa shape index (κ3) is 5.26. The maximum Gasteiger partial charge on any atom is 0.240 e. The number of amides is 1. The highest BCUT2D eigenvalue weighted by molar-refractivity contribution is 7.89. The van der Waals surface area contributed by atoms with Gasteiger partial charge in [0.2, 0.25) is 15.9 Å². The van der Waals surface area contributed by atoms with Crippen LogP contribution in [0.1, 0.15) is 23.5 Å². The molecular weight excluding hydrogens is 384 g/mol. The first-order valence-corrected chi connectivity index (χ1v) is 10.1. The Labute approximate surface area is 156 Å². The lowest BCUT2D eigenvalue weighted by atomic mass is 10.2. The number of thiophene rings is 1. The summed E-state index contributed by atoms with van der Waals surface area (Å²) < 4.78 is 33.7. The molecule has 0 aliphatic rings. The van der Waals surface area contributed by atoms with Gasteiger partial charge in [-0.25, -0.2) is 13.1 Å². The average Bonchev–Trinajstić information content (AvgIpc) is 2.93. The second-order valence-electron chi connectivity index (χ2n) is 5.38. The number of hydrogen-bond acceptors (Lipinski definition) is 5. The molecular formula is C16H19ClN2O4S2. The molecule has 0 bridgehead atoms. The molecule has 1 aromatic carbocycles. The van der Waals surface area contributed by atoms with Crippen LogP contribution < -0.4 is 10.0 Å². The van der Waals surface area contributed by atoms with Crippen LogP contribution in [-0.2, 0) is 19.6 Å². The standard InChI is InChI=1S/C16H19ClN2O4S2/c1-10-8-12(19-11(2)20)4-6-15(10)25(21,22)18-9-13(23-3)14-5-7-16(17)24-14/h4-8,13,18H,9H2,1-3H3,(H,19,20). The van der Waals surface area contributed by atoms with Crippen molar-refractivity contribution in [3.8, 4) is 0 Å². The van der Waals surface area contributed by atoms with Crippen LogP contribution >= 0.6 is 22.9 Å². The Hall–Kier alpha value is -1.45. The van der Waals surface area contributed by atoms with Crippen molar-refractivity contribution in [3.63, 3.8) is 0 Å². The van der Waals surface area contributed by atoms with Crippen molar-refractivity contribution in [2.75, 3.05) is 19.0 Å². The van der Waals surface area contributed by atoms with E-state index in [-0.39, 0.29) is 17.3 Å². The summed E-state index contributed by atoms with van der Waals surface area (Å²) in [5.41, 5.74) is 1.08. The monoisotopic (exact) mass is 402 g/mol. The topological polar surface area (TPSA) is 84.5 Å². The first-order chi connectivity index (χ1) is 11.7. The number of rotatable bonds is 7. The fourth-order valence-corrected chi connectivity index (χ4v) is 4.69. The van der Waals surface area contributed by atoms with Crippen molar-refractivity contribution in [2.45, 2.75) is 24.8 Å². The molecule has 9 heteroatoms. The van der Waals surface area contributed by atoms with E-state index in [0.717, 1.165) is 4.88 Å². The number of methoxy groups -OCH3 is 1. The van der Waals surface area contributed by atoms with Gasteiger partial charge in [0.1, 0.15) is 6.10 Å². The molecule has 0 aliphatic carbocycles. The normalized spacial score (nSPS) is 12.8. The smallest absolute Gasteiger partial charge is 0.240 e. The summed E-state index contributed by atoms with van der Waals surface area (Å²) in [5, 5.41) is 2.62. The number of benzene rings is 1. The second kappa shape index (κ2) is 8.29. The molecule has 1 heterocycles. The highest BCUT2D eigenvalue weighted by atomic mass is 35.5. The van der Waals surface area contributed by atoms with E-state index in [9.17, 15) is 13.2 Å². The molecule has 0 radical (unpaired) electrons. The van der Waals surface area contributed by atoms with Gasteiger partial charge in [0, 0.05) is 31.1 Å². The first-order valence-electron chi connectivity index (χ1n) is 7.39. The number of ether oxygens (including phenoxy) is 1. The largest absolute Gasteiger partial charge is 0.375 e. The van der Waals surface area contributed by atoms with E-state index in [1.165, 1.54) is 31.4 Å². The van der Waals surface area contributed by atoms with Crippen LogP contribution in [0, 0.1) is 6.92 Å². The van der Waals surface area contributed by atoms with Gasteiger partial charge in [0.05, 0.1) is 9.23 Å². The number of hydrogen-bond donors (Lipinski definition) is 2. The lowest BCUT2D eigenvalue weighted by Crippen LogP contribution is -2.29. The first kappa shape index (κ1) is 19.9. The van der Waals surface area contributed by atoms with Crippen molar-refractivity contribution in [1.82, 2.24) is 4.72 Å². The van der Waals surface area contributed by atoms with Crippen LogP contribution in [0.4, 0.5) is 5.69 Å². The van der Waals surface area contributed by atoms with E-state index in [1.54, 1.807) is 25.1 Å². The SMILES string of the molecule is COC(CNS(=O)(=O)c1ccc(NC(C)=O)cc1C)c1ccc(Cl)s1. The highest BCUT2D eigenvalue weighted by Crippen LogP contribution is 2.29. The van der Waals surface area contributed by atoms with Crippen LogP contribution in [-0.4, -0.2) is 28.0 Å². The lowest BCUT2D eigenvalue weighted by Gasteiger charge is -2.16. The van der Waals surface area contributed by atoms with Gasteiger partial charge in [-0.1, -0.05) is 11.6 Å². The van der Waals surface area contributed by atoms with E-state index < -0.39 is 16.1 Å². The minimum absolute atomic E-state index is 0.0859. The summed E-state index contributed by atoms with van der Waals surface area (Å²) in [4.78, 5) is 12.1. The van der Waals surface area contributed by atoms with Gasteiger partial charge in [-0.15, -0.1) is 11.3 Å². The molecule has 0 spiro atoms. The van der Waals surface area contributed by atoms with E-state index in [2.05, 4.69) is 10.0 Å². The van der Waals surface area contributed by atoms with Gasteiger partial charge in [-0.05, 0) is 42.8 Å². The molecule has 25 heavy (non-hydrogen) atoms. The molecule has 2 aromatic rings. The Morgan fingerprint density at radius 1 is 1.32 bits per heavy atom. The molecule has 2 N–H and O–H groups in total. The van der Waals surface area contributed by atoms with E-state index in [1.807, 2.05) is 6.07 Å². The number of carbonyl (C=O) groups is 1. The number of carbonyl (C=O) groups excluding carboxylic acids is 1. The predicted molar refractivity (Wildman–Crippen MR) is 99.8 cm³/mol. The zero-order chi connectivity index (χ0) is 18.6. The van der Waals surface area contributed by atoms with Crippen LogP contribution in [0.25, 0.3) is 0 Å². The Balaban J connectivity index is 2.14. The molecule has 2 rings (SSSR count). The van der Waals surface area contributed by atoms with Crippen LogP contribution in [0.3, 0.4) is 0 Å². The summed E-state index contributed by atoms with van der Waals surface area (Å²) >= 11 is 7.26. The number of sulfonamides is 1. The average molecular weight is 403 g/mol. The Kier molecular flexibility index (Phi) is 6.59. The second-order valence-corrected chi connectivity index (χ2v) is 8.86. The van der Waals surface area contributed by atoms with Crippen molar-refractivity contribution in [2.24, 2.45) is 0 Å². The Morgan fingerprint density at radius 3 is 2.56 bits per heavy atom. The minimum atomic E-state index is -3.71. The molecule has 0 saturated carbocycles. The van der Waals surface area contributed by atoms with Crippen LogP contribution in [0.15, 0.2) is 35.2 Å². The van der Waals surface area contributed by atoms with E-state index in [4.69, 9.17) is 16.3 Å².